The normalized spacial score (nSPS) is 23.7. The van der Waals surface area contributed by atoms with Crippen molar-refractivity contribution in [3.05, 3.63) is 18.5 Å². The van der Waals surface area contributed by atoms with Crippen molar-refractivity contribution in [3.63, 3.8) is 0 Å². The van der Waals surface area contributed by atoms with Crippen LogP contribution < -0.4 is 4.90 Å². The SMILES string of the molecule is COC[C@H]1CN(c2ncccn2)CC(C)(C)O1. The van der Waals surface area contributed by atoms with Crippen molar-refractivity contribution in [2.75, 3.05) is 31.7 Å². The summed E-state index contributed by atoms with van der Waals surface area (Å²) in [4.78, 5) is 10.7. The van der Waals surface area contributed by atoms with E-state index in [1.165, 1.54) is 0 Å². The quantitative estimate of drug-likeness (QED) is 0.788. The molecule has 1 aliphatic heterocycles. The highest BCUT2D eigenvalue weighted by Gasteiger charge is 2.34. The zero-order chi connectivity index (χ0) is 12.3. The summed E-state index contributed by atoms with van der Waals surface area (Å²) in [6.07, 6.45) is 3.58. The molecule has 2 rings (SSSR count). The highest BCUT2D eigenvalue weighted by atomic mass is 16.5. The fourth-order valence-electron chi connectivity index (χ4n) is 2.18. The number of anilines is 1. The van der Waals surface area contributed by atoms with Gasteiger partial charge in [0.25, 0.3) is 0 Å². The Morgan fingerprint density at radius 3 is 2.82 bits per heavy atom. The van der Waals surface area contributed by atoms with Crippen molar-refractivity contribution in [2.24, 2.45) is 0 Å². The molecule has 0 saturated carbocycles. The maximum absolute atomic E-state index is 5.94. The van der Waals surface area contributed by atoms with Crippen LogP contribution in [0.15, 0.2) is 18.5 Å². The smallest absolute Gasteiger partial charge is 0.225 e. The van der Waals surface area contributed by atoms with E-state index in [0.717, 1.165) is 19.0 Å². The van der Waals surface area contributed by atoms with Crippen LogP contribution >= 0.6 is 0 Å². The molecule has 0 bridgehead atoms. The van der Waals surface area contributed by atoms with Gasteiger partial charge >= 0.3 is 0 Å². The molecule has 0 aliphatic carbocycles. The molecule has 1 aliphatic rings. The highest BCUT2D eigenvalue weighted by Crippen LogP contribution is 2.23. The summed E-state index contributed by atoms with van der Waals surface area (Å²) in [6.45, 7) is 6.29. The molecule has 94 valence electrons. The summed E-state index contributed by atoms with van der Waals surface area (Å²) in [6, 6.07) is 1.82. The van der Waals surface area contributed by atoms with Crippen LogP contribution in [0.25, 0.3) is 0 Å². The Morgan fingerprint density at radius 2 is 2.18 bits per heavy atom. The fraction of sp³-hybridized carbons (Fsp3) is 0.667. The predicted octanol–water partition coefficient (Wildman–Crippen LogP) is 1.11. The number of morpholine rings is 1. The molecular weight excluding hydrogens is 218 g/mol. The van der Waals surface area contributed by atoms with Gasteiger partial charge in [0.05, 0.1) is 18.3 Å². The van der Waals surface area contributed by atoms with Gasteiger partial charge < -0.3 is 14.4 Å². The van der Waals surface area contributed by atoms with Crippen molar-refractivity contribution in [3.8, 4) is 0 Å². The molecule has 0 spiro atoms. The average molecular weight is 237 g/mol. The number of rotatable bonds is 3. The Balaban J connectivity index is 2.12. The second-order valence-corrected chi connectivity index (χ2v) is 4.88. The molecule has 1 saturated heterocycles. The van der Waals surface area contributed by atoms with Crippen LogP contribution in [0.4, 0.5) is 5.95 Å². The van der Waals surface area contributed by atoms with Gasteiger partial charge in [0.15, 0.2) is 0 Å². The summed E-state index contributed by atoms with van der Waals surface area (Å²) in [7, 11) is 1.69. The third kappa shape index (κ3) is 3.14. The first kappa shape index (κ1) is 12.3. The first-order valence-electron chi connectivity index (χ1n) is 5.79. The summed E-state index contributed by atoms with van der Waals surface area (Å²) < 4.78 is 11.1. The minimum atomic E-state index is -0.208. The molecule has 0 radical (unpaired) electrons. The number of aromatic nitrogens is 2. The summed E-state index contributed by atoms with van der Waals surface area (Å²) in [5, 5.41) is 0. The Labute approximate surface area is 102 Å². The van der Waals surface area contributed by atoms with E-state index in [1.54, 1.807) is 19.5 Å². The van der Waals surface area contributed by atoms with Crippen molar-refractivity contribution >= 4 is 5.95 Å². The van der Waals surface area contributed by atoms with E-state index in [2.05, 4.69) is 28.7 Å². The molecule has 1 aromatic heterocycles. The van der Waals surface area contributed by atoms with E-state index in [0.29, 0.717) is 6.61 Å². The molecule has 1 fully saturated rings. The molecule has 5 nitrogen and oxygen atoms in total. The van der Waals surface area contributed by atoms with Crippen molar-refractivity contribution in [1.29, 1.82) is 0 Å². The first-order chi connectivity index (χ1) is 8.11. The summed E-state index contributed by atoms with van der Waals surface area (Å²) >= 11 is 0. The van der Waals surface area contributed by atoms with Gasteiger partial charge in [0, 0.05) is 32.6 Å². The largest absolute Gasteiger partial charge is 0.382 e. The molecular formula is C12H19N3O2. The Hall–Kier alpha value is -1.20. The van der Waals surface area contributed by atoms with Gasteiger partial charge in [-0.1, -0.05) is 0 Å². The predicted molar refractivity (Wildman–Crippen MR) is 65.1 cm³/mol. The summed E-state index contributed by atoms with van der Waals surface area (Å²) in [5.74, 6) is 0.755. The number of methoxy groups -OCH3 is 1. The molecule has 0 aromatic carbocycles. The van der Waals surface area contributed by atoms with E-state index in [9.17, 15) is 0 Å². The Morgan fingerprint density at radius 1 is 1.47 bits per heavy atom. The van der Waals surface area contributed by atoms with Gasteiger partial charge in [0.2, 0.25) is 5.95 Å². The van der Waals surface area contributed by atoms with Crippen molar-refractivity contribution < 1.29 is 9.47 Å². The van der Waals surface area contributed by atoms with Gasteiger partial charge in [-0.25, -0.2) is 9.97 Å². The van der Waals surface area contributed by atoms with E-state index in [4.69, 9.17) is 9.47 Å². The van der Waals surface area contributed by atoms with E-state index < -0.39 is 0 Å². The molecule has 1 atom stereocenters. The van der Waals surface area contributed by atoms with Crippen LogP contribution in [0.1, 0.15) is 13.8 Å². The van der Waals surface area contributed by atoms with Crippen LogP contribution in [-0.4, -0.2) is 48.5 Å². The lowest BCUT2D eigenvalue weighted by atomic mass is 10.1. The summed E-state index contributed by atoms with van der Waals surface area (Å²) in [5.41, 5.74) is -0.208. The third-order valence-electron chi connectivity index (χ3n) is 2.67. The van der Waals surface area contributed by atoms with Crippen LogP contribution in [0, 0.1) is 0 Å². The Bertz CT molecular complexity index is 356. The molecule has 0 N–H and O–H groups in total. The van der Waals surface area contributed by atoms with Gasteiger partial charge in [0.1, 0.15) is 0 Å². The number of ether oxygens (including phenoxy) is 2. The van der Waals surface area contributed by atoms with Crippen LogP contribution in [-0.2, 0) is 9.47 Å². The minimum absolute atomic E-state index is 0.0626. The minimum Gasteiger partial charge on any atom is -0.382 e. The van der Waals surface area contributed by atoms with Crippen molar-refractivity contribution in [2.45, 2.75) is 25.6 Å². The molecule has 1 aromatic rings. The maximum Gasteiger partial charge on any atom is 0.225 e. The highest BCUT2D eigenvalue weighted by molar-refractivity contribution is 5.30. The topological polar surface area (TPSA) is 47.5 Å². The second-order valence-electron chi connectivity index (χ2n) is 4.88. The Kier molecular flexibility index (Phi) is 3.59. The molecule has 0 unspecified atom stereocenters. The average Bonchev–Trinajstić information content (AvgIpc) is 2.28. The van der Waals surface area contributed by atoms with E-state index in [1.807, 2.05) is 6.07 Å². The van der Waals surface area contributed by atoms with E-state index in [-0.39, 0.29) is 11.7 Å². The molecule has 17 heavy (non-hydrogen) atoms. The van der Waals surface area contributed by atoms with Crippen LogP contribution in [0.3, 0.4) is 0 Å². The zero-order valence-electron chi connectivity index (χ0n) is 10.6. The fourth-order valence-corrected chi connectivity index (χ4v) is 2.18. The van der Waals surface area contributed by atoms with Crippen LogP contribution in [0.5, 0.6) is 0 Å². The van der Waals surface area contributed by atoms with E-state index >= 15 is 0 Å². The number of hydrogen-bond acceptors (Lipinski definition) is 5. The molecule has 5 heteroatoms. The van der Waals surface area contributed by atoms with Gasteiger partial charge in [-0.15, -0.1) is 0 Å². The monoisotopic (exact) mass is 237 g/mol. The maximum atomic E-state index is 5.94. The number of hydrogen-bond donors (Lipinski definition) is 0. The van der Waals surface area contributed by atoms with Gasteiger partial charge in [-0.05, 0) is 19.9 Å². The molecule has 2 heterocycles. The third-order valence-corrected chi connectivity index (χ3v) is 2.67. The zero-order valence-corrected chi connectivity index (χ0v) is 10.6. The van der Waals surface area contributed by atoms with Gasteiger partial charge in [-0.2, -0.15) is 0 Å². The lowest BCUT2D eigenvalue weighted by molar-refractivity contribution is -0.106. The molecule has 0 amide bonds. The van der Waals surface area contributed by atoms with Gasteiger partial charge in [-0.3, -0.25) is 0 Å². The lowest BCUT2D eigenvalue weighted by Crippen LogP contribution is -2.54. The van der Waals surface area contributed by atoms with Crippen LogP contribution in [0.2, 0.25) is 0 Å². The first-order valence-corrected chi connectivity index (χ1v) is 5.79. The lowest BCUT2D eigenvalue weighted by Gasteiger charge is -2.42. The standard InChI is InChI=1S/C12H19N3O2/c1-12(2)9-15(7-10(17-12)8-16-3)11-13-5-4-6-14-11/h4-6,10H,7-9H2,1-3H3/t10-/m1/s1. The second kappa shape index (κ2) is 4.98. The van der Waals surface area contributed by atoms with Crippen molar-refractivity contribution in [1.82, 2.24) is 9.97 Å². The number of nitrogens with zero attached hydrogens (tertiary/aromatic N) is 3.